The molecule has 2 aromatic heterocycles. The molecule has 0 spiro atoms. The van der Waals surface area contributed by atoms with Crippen LogP contribution in [0, 0.1) is 24.1 Å². The standard InChI is InChI=1S/C30H29ClF6N8O2/c1-14-8-21(39)40-26(23(14)30(35,36)37)22-20(31)10-19-25(24(22)34)41-29(47-13-18-9-16(33)11-43(18)3)42-27(19)44-6-7-45(28(46)15(2)32)17(12-44)4-5-38/h8,10,16-18H,2,4,6-7,9,11-13H2,1,3H3,(H2,39,40). The van der Waals surface area contributed by atoms with Gasteiger partial charge in [0.25, 0.3) is 5.91 Å². The summed E-state index contributed by atoms with van der Waals surface area (Å²) in [7, 11) is 1.70. The Kier molecular flexibility index (Phi) is 9.43. The average molecular weight is 683 g/mol. The third-order valence-electron chi connectivity index (χ3n) is 8.24. The lowest BCUT2D eigenvalue weighted by Gasteiger charge is -2.41. The van der Waals surface area contributed by atoms with Gasteiger partial charge in [-0.25, -0.2) is 18.2 Å². The van der Waals surface area contributed by atoms with Gasteiger partial charge >= 0.3 is 12.2 Å². The lowest BCUT2D eigenvalue weighted by molar-refractivity contribution is -0.137. The van der Waals surface area contributed by atoms with E-state index in [1.54, 1.807) is 16.8 Å². The molecule has 1 amide bonds. The zero-order chi connectivity index (χ0) is 34.4. The summed E-state index contributed by atoms with van der Waals surface area (Å²) in [6.07, 6.45) is -6.06. The second-order valence-corrected chi connectivity index (χ2v) is 11.9. The summed E-state index contributed by atoms with van der Waals surface area (Å²) >= 11 is 6.49. The number of hydrogen-bond donors (Lipinski definition) is 1. The number of amides is 1. The van der Waals surface area contributed by atoms with Crippen molar-refractivity contribution in [1.82, 2.24) is 24.8 Å². The van der Waals surface area contributed by atoms with Gasteiger partial charge in [0.05, 0.1) is 40.4 Å². The smallest absolute Gasteiger partial charge is 0.418 e. The van der Waals surface area contributed by atoms with Gasteiger partial charge in [-0.2, -0.15) is 28.4 Å². The van der Waals surface area contributed by atoms with Crippen LogP contribution in [0.2, 0.25) is 5.02 Å². The monoisotopic (exact) mass is 682 g/mol. The maximum atomic E-state index is 16.6. The summed E-state index contributed by atoms with van der Waals surface area (Å²) in [4.78, 5) is 29.4. The van der Waals surface area contributed by atoms with E-state index in [4.69, 9.17) is 22.1 Å². The number of rotatable bonds is 7. The number of nitrogens with two attached hydrogens (primary N) is 1. The number of carbonyl (C=O) groups excluding carboxylic acids is 1. The Bertz CT molecular complexity index is 1780. The normalized spacial score (nSPS) is 20.5. The molecule has 3 aromatic rings. The molecule has 10 nitrogen and oxygen atoms in total. The van der Waals surface area contributed by atoms with Crippen molar-refractivity contribution in [2.75, 3.05) is 50.5 Å². The molecular formula is C30H29ClF6N8O2. The maximum absolute atomic E-state index is 16.6. The van der Waals surface area contributed by atoms with Crippen molar-refractivity contribution in [2.24, 2.45) is 0 Å². The number of fused-ring (bicyclic) bond motifs is 1. The van der Waals surface area contributed by atoms with Crippen LogP contribution in [0.3, 0.4) is 0 Å². The Morgan fingerprint density at radius 2 is 1.94 bits per heavy atom. The van der Waals surface area contributed by atoms with Gasteiger partial charge in [-0.1, -0.05) is 18.2 Å². The number of aromatic nitrogens is 3. The number of nitrogens with zero attached hydrogens (tertiary/aromatic N) is 7. The highest BCUT2D eigenvalue weighted by Crippen LogP contribution is 2.44. The summed E-state index contributed by atoms with van der Waals surface area (Å²) in [5.74, 6) is -3.73. The van der Waals surface area contributed by atoms with Crippen LogP contribution in [0.1, 0.15) is 24.0 Å². The van der Waals surface area contributed by atoms with Gasteiger partial charge in [-0.05, 0) is 38.1 Å². The van der Waals surface area contributed by atoms with Crippen molar-refractivity contribution in [3.63, 3.8) is 0 Å². The zero-order valence-corrected chi connectivity index (χ0v) is 26.0. The molecule has 2 fully saturated rings. The molecule has 5 rings (SSSR count). The van der Waals surface area contributed by atoms with Gasteiger partial charge in [0, 0.05) is 37.6 Å². The van der Waals surface area contributed by atoms with Crippen LogP contribution in [0.4, 0.5) is 38.0 Å². The minimum atomic E-state index is -4.95. The summed E-state index contributed by atoms with van der Waals surface area (Å²) in [6.45, 7) is 4.18. The molecule has 2 N–H and O–H groups in total. The third-order valence-corrected chi connectivity index (χ3v) is 8.54. The fraction of sp³-hybridized carbons (Fsp3) is 0.433. The number of hydrogen-bond acceptors (Lipinski definition) is 9. The number of halogens is 7. The number of pyridine rings is 1. The summed E-state index contributed by atoms with van der Waals surface area (Å²) < 4.78 is 92.8. The number of alkyl halides is 4. The molecular weight excluding hydrogens is 654 g/mol. The molecule has 2 aliphatic heterocycles. The topological polar surface area (TPSA) is 124 Å². The number of nitriles is 1. The summed E-state index contributed by atoms with van der Waals surface area (Å²) in [5, 5.41) is 8.94. The molecule has 2 saturated heterocycles. The molecule has 0 bridgehead atoms. The van der Waals surface area contributed by atoms with Gasteiger partial charge in [-0.15, -0.1) is 0 Å². The molecule has 0 saturated carbocycles. The minimum Gasteiger partial charge on any atom is -0.462 e. The number of benzene rings is 1. The second kappa shape index (κ2) is 13.0. The number of piperazine rings is 1. The third kappa shape index (κ3) is 6.72. The average Bonchev–Trinajstić information content (AvgIpc) is 3.30. The lowest BCUT2D eigenvalue weighted by atomic mass is 9.99. The number of carbonyl (C=O) groups is 1. The SMILES string of the molecule is C=C(F)C(=O)N1CCN(c2nc(OCC3CC(F)CN3C)nc3c(F)c(-c4nc(N)cc(C)c4C(F)(F)F)c(Cl)cc23)CC1CC#N. The molecule has 0 aliphatic carbocycles. The molecule has 3 atom stereocenters. The first-order valence-electron chi connectivity index (χ1n) is 14.4. The van der Waals surface area contributed by atoms with E-state index in [9.17, 15) is 32.0 Å². The summed E-state index contributed by atoms with van der Waals surface area (Å²) in [5.41, 5.74) is 2.23. The zero-order valence-electron chi connectivity index (χ0n) is 25.2. The molecule has 2 aliphatic rings. The Labute approximate surface area is 270 Å². The predicted molar refractivity (Wildman–Crippen MR) is 162 cm³/mol. The van der Waals surface area contributed by atoms with Gasteiger partial charge in [0.1, 0.15) is 29.9 Å². The van der Waals surface area contributed by atoms with Crippen LogP contribution in [0.5, 0.6) is 6.01 Å². The molecule has 0 radical (unpaired) electrons. The van der Waals surface area contributed by atoms with Crippen LogP contribution < -0.4 is 15.4 Å². The van der Waals surface area contributed by atoms with Crippen LogP contribution in [-0.4, -0.2) is 88.7 Å². The first kappa shape index (κ1) is 34.0. The quantitative estimate of drug-likeness (QED) is 0.264. The molecule has 47 heavy (non-hydrogen) atoms. The Balaban J connectivity index is 1.67. The van der Waals surface area contributed by atoms with Crippen molar-refractivity contribution in [3.05, 3.63) is 46.5 Å². The lowest BCUT2D eigenvalue weighted by Crippen LogP contribution is -2.55. The van der Waals surface area contributed by atoms with Crippen LogP contribution >= 0.6 is 11.6 Å². The van der Waals surface area contributed by atoms with Crippen molar-refractivity contribution in [3.8, 4) is 23.3 Å². The Morgan fingerprint density at radius 1 is 1.21 bits per heavy atom. The number of likely N-dealkylation sites (tertiary alicyclic amines) is 1. The van der Waals surface area contributed by atoms with E-state index in [0.717, 1.165) is 17.9 Å². The number of nitrogen functional groups attached to an aromatic ring is 1. The van der Waals surface area contributed by atoms with E-state index in [1.807, 2.05) is 6.07 Å². The van der Waals surface area contributed by atoms with E-state index < -0.39 is 63.3 Å². The van der Waals surface area contributed by atoms with E-state index in [2.05, 4.69) is 21.5 Å². The minimum absolute atomic E-state index is 0.0232. The van der Waals surface area contributed by atoms with E-state index >= 15 is 4.39 Å². The predicted octanol–water partition coefficient (Wildman–Crippen LogP) is 5.23. The highest BCUT2D eigenvalue weighted by molar-refractivity contribution is 6.34. The highest BCUT2D eigenvalue weighted by Gasteiger charge is 2.39. The van der Waals surface area contributed by atoms with Gasteiger partial charge in [-0.3, -0.25) is 9.69 Å². The molecule has 1 aromatic carbocycles. The summed E-state index contributed by atoms with van der Waals surface area (Å²) in [6, 6.07) is 2.59. The van der Waals surface area contributed by atoms with Crippen LogP contribution in [0.15, 0.2) is 24.5 Å². The Morgan fingerprint density at radius 3 is 2.55 bits per heavy atom. The van der Waals surface area contributed by atoms with E-state index in [1.165, 1.54) is 6.07 Å². The van der Waals surface area contributed by atoms with Crippen molar-refractivity contribution >= 4 is 40.0 Å². The Hall–Kier alpha value is -4.36. The number of likely N-dealkylation sites (N-methyl/N-ethyl adjacent to an activating group) is 1. The first-order valence-corrected chi connectivity index (χ1v) is 14.8. The van der Waals surface area contributed by atoms with Crippen molar-refractivity contribution in [1.29, 1.82) is 5.26 Å². The van der Waals surface area contributed by atoms with E-state index in [-0.39, 0.29) is 80.3 Å². The molecule has 250 valence electrons. The van der Waals surface area contributed by atoms with Crippen molar-refractivity contribution in [2.45, 2.75) is 44.2 Å². The largest absolute Gasteiger partial charge is 0.462 e. The first-order chi connectivity index (χ1) is 22.1. The fourth-order valence-corrected chi connectivity index (χ4v) is 6.33. The van der Waals surface area contributed by atoms with Gasteiger partial charge in [0.2, 0.25) is 0 Å². The maximum Gasteiger partial charge on any atom is 0.418 e. The number of anilines is 2. The number of ether oxygens (including phenoxy) is 1. The van der Waals surface area contributed by atoms with Crippen LogP contribution in [0.25, 0.3) is 22.2 Å². The van der Waals surface area contributed by atoms with Crippen molar-refractivity contribution < 1.29 is 35.9 Å². The molecule has 3 unspecified atom stereocenters. The fourth-order valence-electron chi connectivity index (χ4n) is 6.05. The van der Waals surface area contributed by atoms with Gasteiger partial charge < -0.3 is 20.3 Å². The van der Waals surface area contributed by atoms with Crippen LogP contribution in [-0.2, 0) is 11.0 Å². The second-order valence-electron chi connectivity index (χ2n) is 11.5. The number of aryl methyl sites for hydroxylation is 1. The van der Waals surface area contributed by atoms with Gasteiger partial charge in [0.15, 0.2) is 11.6 Å². The highest BCUT2D eigenvalue weighted by atomic mass is 35.5. The van der Waals surface area contributed by atoms with E-state index in [0.29, 0.717) is 0 Å². The molecule has 4 heterocycles. The molecule has 17 heteroatoms.